The van der Waals surface area contributed by atoms with Gasteiger partial charge < -0.3 is 0 Å². The van der Waals surface area contributed by atoms with Crippen molar-refractivity contribution in [3.63, 3.8) is 0 Å². The number of alkyl halides is 2. The Morgan fingerprint density at radius 3 is 1.60 bits per heavy atom. The summed E-state index contributed by atoms with van der Waals surface area (Å²) >= 11 is 0. The van der Waals surface area contributed by atoms with Crippen LogP contribution in [0.5, 0.6) is 0 Å². The Labute approximate surface area is 32.0 Å². The molecule has 0 amide bonds. The zero-order chi connectivity index (χ0) is 4.12. The second-order valence-corrected chi connectivity index (χ2v) is 1.55. The third kappa shape index (κ3) is 4.08. The molecule has 0 spiro atoms. The average Bonchev–Trinajstić information content (AvgIpc) is 1.41. The van der Waals surface area contributed by atoms with Crippen LogP contribution in [-0.2, 0) is 0 Å². The fourth-order valence-electron chi connectivity index (χ4n) is 0.0357. The molecular formula is C2H4F2Si. The van der Waals surface area contributed by atoms with Crippen molar-refractivity contribution in [3.05, 3.63) is 0 Å². The number of hydrogen-bond donors (Lipinski definition) is 0. The fourth-order valence-corrected chi connectivity index (χ4v) is 0.107. The van der Waals surface area contributed by atoms with E-state index in [1.54, 1.807) is 0 Å². The minimum absolute atomic E-state index is 0.136. The van der Waals surface area contributed by atoms with Crippen LogP contribution in [0, 0.1) is 0 Å². The van der Waals surface area contributed by atoms with Gasteiger partial charge in [-0.05, 0) is 0 Å². The molecule has 0 nitrogen and oxygen atoms in total. The van der Waals surface area contributed by atoms with Gasteiger partial charge in [-0.2, -0.15) is 0 Å². The third-order valence-corrected chi connectivity index (χ3v) is 0.567. The van der Waals surface area contributed by atoms with Gasteiger partial charge in [0, 0.05) is 0 Å². The van der Waals surface area contributed by atoms with Gasteiger partial charge in [-0.15, -0.1) is 0 Å². The molecule has 0 aliphatic rings. The van der Waals surface area contributed by atoms with Gasteiger partial charge in [0.25, 0.3) is 0 Å². The van der Waals surface area contributed by atoms with Crippen molar-refractivity contribution in [1.29, 1.82) is 0 Å². The molecule has 0 aromatic heterocycles. The van der Waals surface area contributed by atoms with Crippen LogP contribution < -0.4 is 0 Å². The molecule has 0 rings (SSSR count). The Bertz CT molecular complexity index is 15.1. The first-order chi connectivity index (χ1) is 2.41. The number of halogens is 2. The first-order valence-electron chi connectivity index (χ1n) is 1.24. The zero-order valence-electron chi connectivity index (χ0n) is 2.67. The summed E-state index contributed by atoms with van der Waals surface area (Å²) in [6.07, 6.45) is -1.01. The minimum atomic E-state index is -0.503. The summed E-state index contributed by atoms with van der Waals surface area (Å²) in [5, 5.41) is 0. The number of hydrogen-bond acceptors (Lipinski definition) is 0. The molecular weight excluding hydrogens is 90.1 g/mol. The maximum absolute atomic E-state index is 10.8. The summed E-state index contributed by atoms with van der Waals surface area (Å²) in [6.45, 7) is 0. The highest BCUT2D eigenvalue weighted by atomic mass is 28.2. The lowest BCUT2D eigenvalue weighted by Crippen LogP contribution is -1.92. The molecule has 0 aliphatic carbocycles. The van der Waals surface area contributed by atoms with Gasteiger partial charge in [0.1, 0.15) is 9.52 Å². The van der Waals surface area contributed by atoms with E-state index >= 15 is 0 Å². The molecule has 0 aromatic carbocycles. The van der Waals surface area contributed by atoms with E-state index in [1.807, 2.05) is 0 Å². The van der Waals surface area contributed by atoms with E-state index in [-0.39, 0.29) is 9.52 Å². The highest BCUT2D eigenvalue weighted by molar-refractivity contribution is 6.34. The average molecular weight is 94.1 g/mol. The summed E-state index contributed by atoms with van der Waals surface area (Å²) in [5.74, 6) is 0. The standard InChI is InChI=1S/C2H4F2Si/c3-1-5-2-4/h1-2H2. The van der Waals surface area contributed by atoms with Crippen LogP contribution in [0.3, 0.4) is 0 Å². The Balaban J connectivity index is 2.19. The van der Waals surface area contributed by atoms with E-state index in [2.05, 4.69) is 0 Å². The van der Waals surface area contributed by atoms with Gasteiger partial charge >= 0.3 is 0 Å². The molecule has 0 bridgehead atoms. The first kappa shape index (κ1) is 5.08. The van der Waals surface area contributed by atoms with E-state index in [4.69, 9.17) is 0 Å². The van der Waals surface area contributed by atoms with Gasteiger partial charge in [0.2, 0.25) is 0 Å². The van der Waals surface area contributed by atoms with Crippen LogP contribution in [-0.4, -0.2) is 22.1 Å². The van der Waals surface area contributed by atoms with Crippen LogP contribution in [0.4, 0.5) is 8.78 Å². The second kappa shape index (κ2) is 4.08. The zero-order valence-corrected chi connectivity index (χ0v) is 3.67. The molecule has 0 N–H and O–H groups in total. The SMILES string of the molecule is FC[Si]CF. The first-order valence-corrected chi connectivity index (χ1v) is 2.66. The number of rotatable bonds is 2. The quantitative estimate of drug-likeness (QED) is 0.438. The molecule has 5 heavy (non-hydrogen) atoms. The van der Waals surface area contributed by atoms with Gasteiger partial charge in [0.05, 0.1) is 12.6 Å². The Hall–Kier alpha value is 0.0769. The lowest BCUT2D eigenvalue weighted by molar-refractivity contribution is 0.557. The Kier molecular flexibility index (Phi) is 4.14. The molecule has 3 heteroatoms. The molecule has 0 saturated carbocycles. The molecule has 0 atom stereocenters. The van der Waals surface area contributed by atoms with Crippen LogP contribution in [0.15, 0.2) is 0 Å². The molecule has 0 aromatic rings. The van der Waals surface area contributed by atoms with Crippen molar-refractivity contribution in [2.75, 3.05) is 12.6 Å². The van der Waals surface area contributed by atoms with Crippen LogP contribution >= 0.6 is 0 Å². The highest BCUT2D eigenvalue weighted by Crippen LogP contribution is 1.63. The summed E-state index contributed by atoms with van der Waals surface area (Å²) in [7, 11) is -0.136. The highest BCUT2D eigenvalue weighted by Gasteiger charge is 1.78. The van der Waals surface area contributed by atoms with Crippen molar-refractivity contribution in [3.8, 4) is 0 Å². The predicted molar refractivity (Wildman–Crippen MR) is 17.7 cm³/mol. The van der Waals surface area contributed by atoms with E-state index < -0.39 is 12.6 Å². The van der Waals surface area contributed by atoms with Gasteiger partial charge in [-0.1, -0.05) is 0 Å². The van der Waals surface area contributed by atoms with Gasteiger partial charge in [-0.25, -0.2) is 0 Å². The van der Waals surface area contributed by atoms with Gasteiger partial charge in [-0.3, -0.25) is 8.78 Å². The molecule has 0 heterocycles. The normalized spacial score (nSPS) is 8.40. The molecule has 0 aliphatic heterocycles. The van der Waals surface area contributed by atoms with E-state index in [1.165, 1.54) is 0 Å². The molecule has 30 valence electrons. The Morgan fingerprint density at radius 1 is 1.20 bits per heavy atom. The van der Waals surface area contributed by atoms with Gasteiger partial charge in [0.15, 0.2) is 0 Å². The molecule has 0 saturated heterocycles. The lowest BCUT2D eigenvalue weighted by Gasteiger charge is -1.70. The maximum Gasteiger partial charge on any atom is 0.122 e. The summed E-state index contributed by atoms with van der Waals surface area (Å²) in [4.78, 5) is 0. The summed E-state index contributed by atoms with van der Waals surface area (Å²) in [6, 6.07) is 0. The van der Waals surface area contributed by atoms with Crippen molar-refractivity contribution >= 4 is 9.52 Å². The third-order valence-electron chi connectivity index (χ3n) is 0.189. The molecule has 0 fully saturated rings. The van der Waals surface area contributed by atoms with E-state index in [9.17, 15) is 8.78 Å². The molecule has 0 unspecified atom stereocenters. The Morgan fingerprint density at radius 2 is 1.60 bits per heavy atom. The van der Waals surface area contributed by atoms with Crippen molar-refractivity contribution in [2.45, 2.75) is 0 Å². The summed E-state index contributed by atoms with van der Waals surface area (Å²) < 4.78 is 21.5. The van der Waals surface area contributed by atoms with Crippen molar-refractivity contribution in [2.24, 2.45) is 0 Å². The van der Waals surface area contributed by atoms with E-state index in [0.717, 1.165) is 0 Å². The second-order valence-electron chi connectivity index (χ2n) is 0.517. The van der Waals surface area contributed by atoms with Crippen molar-refractivity contribution < 1.29 is 8.78 Å². The smallest absolute Gasteiger partial charge is 0.122 e. The monoisotopic (exact) mass is 94.0 g/mol. The fraction of sp³-hybridized carbons (Fsp3) is 1.00. The largest absolute Gasteiger partial charge is 0.255 e. The van der Waals surface area contributed by atoms with Crippen LogP contribution in [0.2, 0.25) is 0 Å². The minimum Gasteiger partial charge on any atom is -0.255 e. The van der Waals surface area contributed by atoms with Crippen LogP contribution in [0.1, 0.15) is 0 Å². The topological polar surface area (TPSA) is 0 Å². The molecule has 2 radical (unpaired) electrons. The lowest BCUT2D eigenvalue weighted by atomic mass is 11.8. The van der Waals surface area contributed by atoms with Crippen LogP contribution in [0.25, 0.3) is 0 Å². The maximum atomic E-state index is 10.8. The predicted octanol–water partition coefficient (Wildman–Crippen LogP) is 0.545. The summed E-state index contributed by atoms with van der Waals surface area (Å²) in [5.41, 5.74) is 0. The van der Waals surface area contributed by atoms with E-state index in [0.29, 0.717) is 0 Å². The van der Waals surface area contributed by atoms with Crippen molar-refractivity contribution in [1.82, 2.24) is 0 Å².